The zero-order valence-electron chi connectivity index (χ0n) is 11.6. The number of rotatable bonds is 3. The lowest BCUT2D eigenvalue weighted by molar-refractivity contribution is -0.141. The molecule has 2 atom stereocenters. The van der Waals surface area contributed by atoms with Gasteiger partial charge in [0.1, 0.15) is 0 Å². The maximum Gasteiger partial charge on any atom is 0.306 e. The van der Waals surface area contributed by atoms with E-state index < -0.39 is 11.9 Å². The highest BCUT2D eigenvalue weighted by Crippen LogP contribution is 2.33. The lowest BCUT2D eigenvalue weighted by atomic mass is 10.0. The number of hydrogen-bond donors (Lipinski definition) is 2. The summed E-state index contributed by atoms with van der Waals surface area (Å²) in [6.07, 6.45) is 1.63. The first-order valence-corrected chi connectivity index (χ1v) is 7.75. The zero-order valence-corrected chi connectivity index (χ0v) is 12.4. The van der Waals surface area contributed by atoms with Gasteiger partial charge in [0.15, 0.2) is 5.13 Å². The Morgan fingerprint density at radius 1 is 1.33 bits per heavy atom. The highest BCUT2D eigenvalue weighted by Gasteiger charge is 2.34. The van der Waals surface area contributed by atoms with Crippen LogP contribution in [0.3, 0.4) is 0 Å². The number of thiazole rings is 1. The van der Waals surface area contributed by atoms with Crippen LogP contribution >= 0.6 is 11.3 Å². The van der Waals surface area contributed by atoms with Crippen LogP contribution in [0, 0.1) is 18.8 Å². The molecule has 1 saturated carbocycles. The summed E-state index contributed by atoms with van der Waals surface area (Å²) in [5.41, 5.74) is 2.03. The molecule has 2 N–H and O–H groups in total. The van der Waals surface area contributed by atoms with Crippen LogP contribution in [0.1, 0.15) is 24.8 Å². The molecule has 1 heterocycles. The number of anilines is 1. The van der Waals surface area contributed by atoms with Gasteiger partial charge in [-0.25, -0.2) is 4.98 Å². The number of amides is 1. The first-order valence-electron chi connectivity index (χ1n) is 6.94. The quantitative estimate of drug-likeness (QED) is 0.913. The van der Waals surface area contributed by atoms with E-state index in [1.807, 2.05) is 25.1 Å². The fourth-order valence-electron chi connectivity index (χ4n) is 2.74. The van der Waals surface area contributed by atoms with Crippen LogP contribution in [-0.4, -0.2) is 22.0 Å². The molecule has 0 saturated heterocycles. The monoisotopic (exact) mass is 304 g/mol. The van der Waals surface area contributed by atoms with Gasteiger partial charge < -0.3 is 10.4 Å². The predicted octanol–water partition coefficient (Wildman–Crippen LogP) is 3.04. The molecule has 6 heteroatoms. The van der Waals surface area contributed by atoms with Crippen LogP contribution in [0.4, 0.5) is 5.13 Å². The molecule has 1 amide bonds. The number of aromatic nitrogens is 1. The van der Waals surface area contributed by atoms with Crippen LogP contribution in [0.2, 0.25) is 0 Å². The molecular formula is C15H16N2O3S. The van der Waals surface area contributed by atoms with Gasteiger partial charge in [0.2, 0.25) is 5.91 Å². The summed E-state index contributed by atoms with van der Waals surface area (Å²) in [6, 6.07) is 5.97. The van der Waals surface area contributed by atoms with Crippen LogP contribution in [0.25, 0.3) is 10.2 Å². The highest BCUT2D eigenvalue weighted by molar-refractivity contribution is 7.22. The number of fused-ring (bicyclic) bond motifs is 1. The summed E-state index contributed by atoms with van der Waals surface area (Å²) in [7, 11) is 0. The average Bonchev–Trinajstić information content (AvgIpc) is 3.03. The number of carbonyl (C=O) groups excluding carboxylic acids is 1. The molecule has 0 aliphatic heterocycles. The van der Waals surface area contributed by atoms with E-state index in [1.165, 1.54) is 11.3 Å². The minimum atomic E-state index is -0.805. The predicted molar refractivity (Wildman–Crippen MR) is 81.5 cm³/mol. The van der Waals surface area contributed by atoms with Crippen LogP contribution < -0.4 is 5.32 Å². The number of benzene rings is 1. The van der Waals surface area contributed by atoms with E-state index in [-0.39, 0.29) is 11.8 Å². The molecule has 110 valence electrons. The van der Waals surface area contributed by atoms with Gasteiger partial charge in [0, 0.05) is 5.92 Å². The number of hydrogen-bond acceptors (Lipinski definition) is 4. The Bertz CT molecular complexity index is 710. The Morgan fingerprint density at radius 3 is 2.81 bits per heavy atom. The second-order valence-corrected chi connectivity index (χ2v) is 6.56. The zero-order chi connectivity index (χ0) is 15.0. The fourth-order valence-corrected chi connectivity index (χ4v) is 3.70. The van der Waals surface area contributed by atoms with Crippen molar-refractivity contribution >= 4 is 38.6 Å². The maximum atomic E-state index is 12.2. The molecule has 0 spiro atoms. The van der Waals surface area contributed by atoms with E-state index in [4.69, 9.17) is 5.11 Å². The third-order valence-electron chi connectivity index (χ3n) is 3.93. The largest absolute Gasteiger partial charge is 0.481 e. The molecule has 1 aliphatic rings. The molecule has 1 aromatic heterocycles. The SMILES string of the molecule is Cc1ccc2nc(NC(=O)[C@@H]3CC[C@@H](C(=O)O)C3)sc2c1. The topological polar surface area (TPSA) is 79.3 Å². The lowest BCUT2D eigenvalue weighted by Gasteiger charge is -2.08. The molecule has 1 aromatic carbocycles. The van der Waals surface area contributed by atoms with Crippen molar-refractivity contribution in [2.24, 2.45) is 11.8 Å². The minimum Gasteiger partial charge on any atom is -0.481 e. The Kier molecular flexibility index (Phi) is 3.63. The molecule has 0 unspecified atom stereocenters. The second kappa shape index (κ2) is 5.44. The van der Waals surface area contributed by atoms with Crippen molar-refractivity contribution in [1.29, 1.82) is 0 Å². The van der Waals surface area contributed by atoms with Crippen molar-refractivity contribution < 1.29 is 14.7 Å². The van der Waals surface area contributed by atoms with Gasteiger partial charge in [0.05, 0.1) is 16.1 Å². The van der Waals surface area contributed by atoms with E-state index in [0.29, 0.717) is 24.4 Å². The standard InChI is InChI=1S/C15H16N2O3S/c1-8-2-5-11-12(6-8)21-15(16-11)17-13(18)9-3-4-10(7-9)14(19)20/h2,5-6,9-10H,3-4,7H2,1H3,(H,19,20)(H,16,17,18)/t9-,10-/m1/s1. The van der Waals surface area contributed by atoms with Gasteiger partial charge in [-0.3, -0.25) is 9.59 Å². The van der Waals surface area contributed by atoms with Crippen molar-refractivity contribution in [2.45, 2.75) is 26.2 Å². The van der Waals surface area contributed by atoms with Crippen LogP contribution in [0.5, 0.6) is 0 Å². The molecule has 21 heavy (non-hydrogen) atoms. The van der Waals surface area contributed by atoms with Crippen molar-refractivity contribution in [2.75, 3.05) is 5.32 Å². The molecule has 2 aromatic rings. The molecule has 3 rings (SSSR count). The van der Waals surface area contributed by atoms with E-state index in [1.54, 1.807) is 0 Å². The number of carboxylic acids is 1. The summed E-state index contributed by atoms with van der Waals surface area (Å²) >= 11 is 1.45. The van der Waals surface area contributed by atoms with E-state index in [9.17, 15) is 9.59 Å². The Hall–Kier alpha value is -1.95. The number of carbonyl (C=O) groups is 2. The number of aliphatic carboxylic acids is 1. The second-order valence-electron chi connectivity index (χ2n) is 5.52. The van der Waals surface area contributed by atoms with Gasteiger partial charge >= 0.3 is 5.97 Å². The molecular weight excluding hydrogens is 288 g/mol. The summed E-state index contributed by atoms with van der Waals surface area (Å²) in [5, 5.41) is 12.4. The van der Waals surface area contributed by atoms with Crippen LogP contribution in [0.15, 0.2) is 18.2 Å². The molecule has 1 fully saturated rings. The minimum absolute atomic E-state index is 0.116. The van der Waals surface area contributed by atoms with Gasteiger partial charge in [-0.2, -0.15) is 0 Å². The molecule has 1 aliphatic carbocycles. The summed E-state index contributed by atoms with van der Waals surface area (Å²) in [4.78, 5) is 27.5. The number of carboxylic acid groups (broad SMARTS) is 1. The van der Waals surface area contributed by atoms with E-state index in [2.05, 4.69) is 10.3 Å². The van der Waals surface area contributed by atoms with Crippen molar-refractivity contribution in [1.82, 2.24) is 4.98 Å². The van der Waals surface area contributed by atoms with Gasteiger partial charge in [-0.05, 0) is 43.9 Å². The lowest BCUT2D eigenvalue weighted by Crippen LogP contribution is -2.21. The summed E-state index contributed by atoms with van der Waals surface area (Å²) in [5.74, 6) is -1.53. The molecule has 0 radical (unpaired) electrons. The first kappa shape index (κ1) is 14.0. The number of nitrogens with one attached hydrogen (secondary N) is 1. The molecule has 5 nitrogen and oxygen atoms in total. The van der Waals surface area contributed by atoms with Crippen molar-refractivity contribution in [3.8, 4) is 0 Å². The Balaban J connectivity index is 1.70. The normalized spacial score (nSPS) is 21.6. The average molecular weight is 304 g/mol. The Labute approximate surface area is 126 Å². The van der Waals surface area contributed by atoms with Gasteiger partial charge in [0.25, 0.3) is 0 Å². The third kappa shape index (κ3) is 2.90. The van der Waals surface area contributed by atoms with Crippen molar-refractivity contribution in [3.05, 3.63) is 23.8 Å². The number of aryl methyl sites for hydroxylation is 1. The Morgan fingerprint density at radius 2 is 2.10 bits per heavy atom. The van der Waals surface area contributed by atoms with Gasteiger partial charge in [-0.1, -0.05) is 17.4 Å². The molecule has 0 bridgehead atoms. The van der Waals surface area contributed by atoms with E-state index >= 15 is 0 Å². The smallest absolute Gasteiger partial charge is 0.306 e. The van der Waals surface area contributed by atoms with Crippen LogP contribution in [-0.2, 0) is 9.59 Å². The fraction of sp³-hybridized carbons (Fsp3) is 0.400. The maximum absolute atomic E-state index is 12.2. The number of nitrogens with zero attached hydrogens (tertiary/aromatic N) is 1. The summed E-state index contributed by atoms with van der Waals surface area (Å²) < 4.78 is 1.04. The third-order valence-corrected chi connectivity index (χ3v) is 4.86. The van der Waals surface area contributed by atoms with Gasteiger partial charge in [-0.15, -0.1) is 0 Å². The van der Waals surface area contributed by atoms with E-state index in [0.717, 1.165) is 15.8 Å². The van der Waals surface area contributed by atoms with Crippen molar-refractivity contribution in [3.63, 3.8) is 0 Å². The first-order chi connectivity index (χ1) is 10.0. The highest BCUT2D eigenvalue weighted by atomic mass is 32.1. The summed E-state index contributed by atoms with van der Waals surface area (Å²) in [6.45, 7) is 2.02.